The van der Waals surface area contributed by atoms with Crippen LogP contribution in [0, 0.1) is 13.8 Å². The van der Waals surface area contributed by atoms with E-state index in [0.29, 0.717) is 12.3 Å². The molecule has 1 aromatic rings. The number of rotatable bonds is 5. The van der Waals surface area contributed by atoms with E-state index >= 15 is 0 Å². The van der Waals surface area contributed by atoms with Crippen LogP contribution in [0.25, 0.3) is 0 Å². The van der Waals surface area contributed by atoms with Gasteiger partial charge in [0.05, 0.1) is 6.10 Å². The van der Waals surface area contributed by atoms with E-state index in [-0.39, 0.29) is 12.0 Å². The van der Waals surface area contributed by atoms with Crippen LogP contribution in [0.3, 0.4) is 0 Å². The molecule has 2 atom stereocenters. The Labute approximate surface area is 130 Å². The van der Waals surface area contributed by atoms with Crippen molar-refractivity contribution < 1.29 is 14.3 Å². The molecule has 0 bridgehead atoms. The summed E-state index contributed by atoms with van der Waals surface area (Å²) in [7, 11) is 0. The number of ether oxygens (including phenoxy) is 2. The molecule has 1 amide bonds. The zero-order valence-corrected chi connectivity index (χ0v) is 13.5. The summed E-state index contributed by atoms with van der Waals surface area (Å²) in [6, 6.07) is 3.69. The molecule has 0 aromatic heterocycles. The Morgan fingerprint density at radius 1 is 1.48 bits per heavy atom. The number of carbonyl (C=O) groups excluding carboxylic acids is 1. The number of aryl methyl sites for hydroxylation is 2. The lowest BCUT2D eigenvalue weighted by molar-refractivity contribution is -0.127. The van der Waals surface area contributed by atoms with Crippen molar-refractivity contribution in [2.75, 3.05) is 13.2 Å². The van der Waals surface area contributed by atoms with E-state index in [9.17, 15) is 4.79 Å². The third-order valence-corrected chi connectivity index (χ3v) is 4.22. The summed E-state index contributed by atoms with van der Waals surface area (Å²) in [5.41, 5.74) is 1.89. The molecule has 21 heavy (non-hydrogen) atoms. The van der Waals surface area contributed by atoms with Crippen molar-refractivity contribution in [1.82, 2.24) is 5.32 Å². The van der Waals surface area contributed by atoms with Gasteiger partial charge in [-0.3, -0.25) is 4.79 Å². The molecular weight excluding hydrogens is 290 g/mol. The molecule has 1 aromatic carbocycles. The first-order valence-corrected chi connectivity index (χ1v) is 7.68. The van der Waals surface area contributed by atoms with Crippen LogP contribution < -0.4 is 10.1 Å². The Kier molecular flexibility index (Phi) is 5.48. The fourth-order valence-corrected chi connectivity index (χ4v) is 2.50. The first-order chi connectivity index (χ1) is 9.97. The maximum Gasteiger partial charge on any atom is 0.260 e. The number of hydrogen-bond donors (Lipinski definition) is 1. The lowest BCUT2D eigenvalue weighted by Crippen LogP contribution is -2.40. The number of amides is 1. The molecule has 116 valence electrons. The van der Waals surface area contributed by atoms with E-state index in [2.05, 4.69) is 5.32 Å². The Hall–Kier alpha value is -1.26. The predicted molar refractivity (Wildman–Crippen MR) is 83.0 cm³/mol. The molecule has 0 unspecified atom stereocenters. The van der Waals surface area contributed by atoms with Gasteiger partial charge in [0.2, 0.25) is 0 Å². The van der Waals surface area contributed by atoms with Crippen LogP contribution in [0.2, 0.25) is 5.02 Å². The van der Waals surface area contributed by atoms with Crippen molar-refractivity contribution in [1.29, 1.82) is 0 Å². The fourth-order valence-electron chi connectivity index (χ4n) is 2.40. The molecule has 1 saturated heterocycles. The molecule has 0 aliphatic carbocycles. The number of benzene rings is 1. The summed E-state index contributed by atoms with van der Waals surface area (Å²) in [4.78, 5) is 12.0. The minimum Gasteiger partial charge on any atom is -0.481 e. The monoisotopic (exact) mass is 311 g/mol. The zero-order chi connectivity index (χ0) is 15.4. The van der Waals surface area contributed by atoms with Gasteiger partial charge in [0.1, 0.15) is 5.75 Å². The predicted octanol–water partition coefficient (Wildman–Crippen LogP) is 3.02. The van der Waals surface area contributed by atoms with E-state index in [1.54, 1.807) is 6.92 Å². The summed E-state index contributed by atoms with van der Waals surface area (Å²) in [6.45, 7) is 6.92. The molecule has 1 fully saturated rings. The van der Waals surface area contributed by atoms with E-state index in [1.807, 2.05) is 26.0 Å². The number of nitrogens with one attached hydrogen (secondary N) is 1. The van der Waals surface area contributed by atoms with Crippen molar-refractivity contribution in [2.24, 2.45) is 0 Å². The van der Waals surface area contributed by atoms with Crippen LogP contribution in [-0.2, 0) is 9.53 Å². The Morgan fingerprint density at radius 2 is 2.14 bits per heavy atom. The lowest BCUT2D eigenvalue weighted by atomic mass is 10.1. The molecule has 1 heterocycles. The minimum atomic E-state index is -0.550. The maximum absolute atomic E-state index is 12.0. The van der Waals surface area contributed by atoms with Gasteiger partial charge in [-0.05, 0) is 56.9 Å². The molecule has 4 nitrogen and oxygen atoms in total. The van der Waals surface area contributed by atoms with Crippen molar-refractivity contribution in [3.63, 3.8) is 0 Å². The van der Waals surface area contributed by atoms with Crippen molar-refractivity contribution >= 4 is 17.5 Å². The quantitative estimate of drug-likeness (QED) is 0.909. The van der Waals surface area contributed by atoms with Crippen LogP contribution >= 0.6 is 11.6 Å². The first-order valence-electron chi connectivity index (χ1n) is 7.30. The van der Waals surface area contributed by atoms with Gasteiger partial charge in [0, 0.05) is 18.2 Å². The van der Waals surface area contributed by atoms with Crippen molar-refractivity contribution in [3.8, 4) is 5.75 Å². The smallest absolute Gasteiger partial charge is 0.260 e. The minimum absolute atomic E-state index is 0.129. The lowest BCUT2D eigenvalue weighted by Gasteiger charge is -2.17. The molecular formula is C16H22ClNO3. The molecule has 0 spiro atoms. The standard InChI is InChI=1S/C16H22ClNO3/c1-10-7-14(8-11(2)15(10)17)21-12(3)16(19)18-9-13-5-4-6-20-13/h7-8,12-13H,4-6,9H2,1-3H3,(H,18,19)/t12-,13+/m0/s1. The van der Waals surface area contributed by atoms with Gasteiger partial charge in [-0.15, -0.1) is 0 Å². The van der Waals surface area contributed by atoms with Crippen molar-refractivity contribution in [3.05, 3.63) is 28.3 Å². The number of carbonyl (C=O) groups is 1. The molecule has 5 heteroatoms. The van der Waals surface area contributed by atoms with Gasteiger partial charge < -0.3 is 14.8 Å². The number of halogens is 1. The molecule has 1 N–H and O–H groups in total. The average Bonchev–Trinajstić information content (AvgIpc) is 2.95. The van der Waals surface area contributed by atoms with Crippen LogP contribution in [0.4, 0.5) is 0 Å². The highest BCUT2D eigenvalue weighted by atomic mass is 35.5. The Balaban J connectivity index is 1.87. The van der Waals surface area contributed by atoms with Gasteiger partial charge in [0.15, 0.2) is 6.10 Å². The van der Waals surface area contributed by atoms with Gasteiger partial charge in [-0.2, -0.15) is 0 Å². The second kappa shape index (κ2) is 7.14. The largest absolute Gasteiger partial charge is 0.481 e. The fraction of sp³-hybridized carbons (Fsp3) is 0.562. The number of hydrogen-bond acceptors (Lipinski definition) is 3. The SMILES string of the molecule is Cc1cc(O[C@@H](C)C(=O)NC[C@H]2CCCO2)cc(C)c1Cl. The summed E-state index contributed by atoms with van der Waals surface area (Å²) >= 11 is 6.12. The Bertz CT molecular complexity index is 489. The third-order valence-electron chi connectivity index (χ3n) is 3.62. The Morgan fingerprint density at radius 3 is 2.71 bits per heavy atom. The van der Waals surface area contributed by atoms with Gasteiger partial charge in [0.25, 0.3) is 5.91 Å². The topological polar surface area (TPSA) is 47.6 Å². The van der Waals surface area contributed by atoms with Gasteiger partial charge in [-0.1, -0.05) is 11.6 Å². The second-order valence-corrected chi connectivity index (χ2v) is 5.89. The van der Waals surface area contributed by atoms with Crippen molar-refractivity contribution in [2.45, 2.75) is 45.8 Å². The molecule has 0 saturated carbocycles. The van der Waals surface area contributed by atoms with Crippen LogP contribution in [0.15, 0.2) is 12.1 Å². The second-order valence-electron chi connectivity index (χ2n) is 5.51. The van der Waals surface area contributed by atoms with Crippen LogP contribution in [-0.4, -0.2) is 31.3 Å². The van der Waals surface area contributed by atoms with E-state index < -0.39 is 6.10 Å². The summed E-state index contributed by atoms with van der Waals surface area (Å²) in [5, 5.41) is 3.60. The van der Waals surface area contributed by atoms with Crippen LogP contribution in [0.1, 0.15) is 30.9 Å². The van der Waals surface area contributed by atoms with E-state index in [0.717, 1.165) is 35.6 Å². The van der Waals surface area contributed by atoms with Crippen LogP contribution in [0.5, 0.6) is 5.75 Å². The third kappa shape index (κ3) is 4.35. The molecule has 1 aliphatic heterocycles. The zero-order valence-electron chi connectivity index (χ0n) is 12.7. The van der Waals surface area contributed by atoms with Gasteiger partial charge >= 0.3 is 0 Å². The molecule has 1 aliphatic rings. The highest BCUT2D eigenvalue weighted by Crippen LogP contribution is 2.26. The highest BCUT2D eigenvalue weighted by Gasteiger charge is 2.19. The summed E-state index contributed by atoms with van der Waals surface area (Å²) < 4.78 is 11.2. The first kappa shape index (κ1) is 16.1. The molecule has 0 radical (unpaired) electrons. The highest BCUT2D eigenvalue weighted by molar-refractivity contribution is 6.32. The summed E-state index contributed by atoms with van der Waals surface area (Å²) in [5.74, 6) is 0.532. The van der Waals surface area contributed by atoms with E-state index in [1.165, 1.54) is 0 Å². The molecule has 2 rings (SSSR count). The summed E-state index contributed by atoms with van der Waals surface area (Å²) in [6.07, 6.45) is 1.66. The van der Waals surface area contributed by atoms with E-state index in [4.69, 9.17) is 21.1 Å². The normalized spacial score (nSPS) is 19.3. The van der Waals surface area contributed by atoms with Gasteiger partial charge in [-0.25, -0.2) is 0 Å². The average molecular weight is 312 g/mol. The maximum atomic E-state index is 12.0.